The second-order valence-corrected chi connectivity index (χ2v) is 8.78. The smallest absolute Gasteiger partial charge is 0.258 e. The van der Waals surface area contributed by atoms with Crippen LogP contribution in [0.5, 0.6) is 5.75 Å². The van der Waals surface area contributed by atoms with Crippen molar-refractivity contribution in [1.29, 1.82) is 0 Å². The zero-order valence-electron chi connectivity index (χ0n) is 16.3. The van der Waals surface area contributed by atoms with Gasteiger partial charge in [0.2, 0.25) is 0 Å². The highest BCUT2D eigenvalue weighted by Crippen LogP contribution is 2.69. The fourth-order valence-electron chi connectivity index (χ4n) is 4.73. The Kier molecular flexibility index (Phi) is 5.11. The van der Waals surface area contributed by atoms with Crippen LogP contribution >= 0.6 is 11.6 Å². The van der Waals surface area contributed by atoms with Crippen LogP contribution in [0.4, 0.5) is 4.39 Å². The highest BCUT2D eigenvalue weighted by molar-refractivity contribution is 6.30. The minimum Gasteiger partial charge on any atom is -0.484 e. The van der Waals surface area contributed by atoms with Crippen molar-refractivity contribution in [2.24, 2.45) is 5.41 Å². The molecule has 2 bridgehead atoms. The number of Topliss-reactive ketones (excluding diaryl/α,β-unsaturated/α-hetero) is 1. The highest BCUT2D eigenvalue weighted by atomic mass is 35.5. The van der Waals surface area contributed by atoms with Gasteiger partial charge < -0.3 is 10.1 Å². The Morgan fingerprint density at radius 3 is 2.45 bits per heavy atom. The van der Waals surface area contributed by atoms with Crippen LogP contribution in [0.25, 0.3) is 0 Å². The quantitative estimate of drug-likeness (QED) is 0.634. The molecule has 0 unspecified atom stereocenters. The van der Waals surface area contributed by atoms with Crippen LogP contribution < -0.4 is 10.1 Å². The molecule has 29 heavy (non-hydrogen) atoms. The average molecular weight is 416 g/mol. The summed E-state index contributed by atoms with van der Waals surface area (Å²) in [5.41, 5.74) is 1.79. The van der Waals surface area contributed by atoms with Gasteiger partial charge in [-0.25, -0.2) is 4.39 Å². The molecule has 0 aromatic heterocycles. The standard InChI is InChI=1S/C23H23ClFNO3/c1-2-15-3-5-16(6-4-15)20(27)10-22-12-23(13-22,14-22)26-21(28)11-29-17-7-8-18(24)19(25)9-17/h3-9H,2,10-14H2,1H3,(H,26,28). The molecular weight excluding hydrogens is 393 g/mol. The number of hydrogen-bond donors (Lipinski definition) is 1. The number of halogens is 2. The summed E-state index contributed by atoms with van der Waals surface area (Å²) in [5, 5.41) is 3.02. The molecule has 3 fully saturated rings. The summed E-state index contributed by atoms with van der Waals surface area (Å²) in [5.74, 6) is -0.397. The third kappa shape index (κ3) is 4.01. The van der Waals surface area contributed by atoms with E-state index >= 15 is 0 Å². The molecule has 5 rings (SSSR count). The molecule has 3 saturated carbocycles. The van der Waals surface area contributed by atoms with Gasteiger partial charge >= 0.3 is 0 Å². The topological polar surface area (TPSA) is 55.4 Å². The van der Waals surface area contributed by atoms with Crippen LogP contribution in [-0.2, 0) is 11.2 Å². The first kappa shape index (κ1) is 19.9. The van der Waals surface area contributed by atoms with Crippen molar-refractivity contribution < 1.29 is 18.7 Å². The lowest BCUT2D eigenvalue weighted by atomic mass is 9.38. The number of aryl methyl sites for hydroxylation is 1. The molecule has 1 amide bonds. The number of benzene rings is 2. The largest absolute Gasteiger partial charge is 0.484 e. The molecule has 152 valence electrons. The van der Waals surface area contributed by atoms with Gasteiger partial charge in [-0.05, 0) is 48.8 Å². The van der Waals surface area contributed by atoms with Crippen LogP contribution in [0.3, 0.4) is 0 Å². The summed E-state index contributed by atoms with van der Waals surface area (Å²) in [7, 11) is 0. The van der Waals surface area contributed by atoms with Crippen LogP contribution in [0, 0.1) is 11.2 Å². The molecule has 6 heteroatoms. The van der Waals surface area contributed by atoms with Crippen LogP contribution in [0.15, 0.2) is 42.5 Å². The van der Waals surface area contributed by atoms with Crippen LogP contribution in [0.2, 0.25) is 5.02 Å². The molecule has 0 spiro atoms. The molecule has 3 aliphatic carbocycles. The molecule has 2 aromatic rings. The van der Waals surface area contributed by atoms with E-state index in [1.807, 2.05) is 24.3 Å². The van der Waals surface area contributed by atoms with Gasteiger partial charge in [-0.15, -0.1) is 0 Å². The fraction of sp³-hybridized carbons (Fsp3) is 0.391. The molecule has 0 heterocycles. The molecule has 0 aliphatic heterocycles. The first-order chi connectivity index (χ1) is 13.8. The van der Waals surface area contributed by atoms with Gasteiger partial charge in [0, 0.05) is 23.6 Å². The third-order valence-corrected chi connectivity index (χ3v) is 6.33. The van der Waals surface area contributed by atoms with E-state index in [1.165, 1.54) is 17.7 Å². The maximum Gasteiger partial charge on any atom is 0.258 e. The molecule has 1 N–H and O–H groups in total. The highest BCUT2D eigenvalue weighted by Gasteiger charge is 2.68. The number of ether oxygens (including phenoxy) is 1. The second-order valence-electron chi connectivity index (χ2n) is 8.37. The number of carbonyl (C=O) groups excluding carboxylic acids is 2. The first-order valence-electron chi connectivity index (χ1n) is 9.83. The lowest BCUT2D eigenvalue weighted by molar-refractivity contribution is -0.164. The zero-order chi connectivity index (χ0) is 20.6. The van der Waals surface area contributed by atoms with Crippen LogP contribution in [-0.4, -0.2) is 23.8 Å². The second kappa shape index (κ2) is 7.45. The first-order valence-corrected chi connectivity index (χ1v) is 10.2. The van der Waals surface area contributed by atoms with E-state index in [2.05, 4.69) is 12.2 Å². The maximum atomic E-state index is 13.4. The Morgan fingerprint density at radius 1 is 1.14 bits per heavy atom. The zero-order valence-corrected chi connectivity index (χ0v) is 17.0. The molecule has 4 nitrogen and oxygen atoms in total. The Bertz CT molecular complexity index is 937. The lowest BCUT2D eigenvalue weighted by Crippen LogP contribution is -2.75. The summed E-state index contributed by atoms with van der Waals surface area (Å²) in [6.45, 7) is 1.91. The normalized spacial score (nSPS) is 24.2. The number of ketones is 1. The van der Waals surface area contributed by atoms with Gasteiger partial charge in [-0.2, -0.15) is 0 Å². The van der Waals surface area contributed by atoms with E-state index in [9.17, 15) is 14.0 Å². The predicted molar refractivity (Wildman–Crippen MR) is 109 cm³/mol. The minimum atomic E-state index is -0.583. The van der Waals surface area contributed by atoms with Crippen molar-refractivity contribution >= 4 is 23.3 Å². The summed E-state index contributed by atoms with van der Waals surface area (Å²) < 4.78 is 18.7. The van der Waals surface area contributed by atoms with E-state index in [0.717, 1.165) is 37.3 Å². The predicted octanol–water partition coefficient (Wildman–Crippen LogP) is 4.73. The molecule has 0 radical (unpaired) electrons. The lowest BCUT2D eigenvalue weighted by Gasteiger charge is -2.70. The number of amides is 1. The Morgan fingerprint density at radius 2 is 1.83 bits per heavy atom. The van der Waals surface area contributed by atoms with E-state index in [1.54, 1.807) is 0 Å². The average Bonchev–Trinajstić information content (AvgIpc) is 2.66. The van der Waals surface area contributed by atoms with Gasteiger partial charge in [0.05, 0.1) is 5.02 Å². The summed E-state index contributed by atoms with van der Waals surface area (Å²) in [6.07, 6.45) is 3.94. The number of nitrogens with one attached hydrogen (secondary N) is 1. The molecule has 2 aromatic carbocycles. The minimum absolute atomic E-state index is 0.0109. The molecule has 0 saturated heterocycles. The summed E-state index contributed by atoms with van der Waals surface area (Å²) in [6, 6.07) is 11.9. The van der Waals surface area contributed by atoms with Crippen molar-refractivity contribution in [3.05, 3.63) is 64.4 Å². The fourth-order valence-corrected chi connectivity index (χ4v) is 4.85. The molecule has 3 aliphatic rings. The van der Waals surface area contributed by atoms with Gasteiger partial charge in [0.25, 0.3) is 5.91 Å². The Labute approximate surface area is 174 Å². The summed E-state index contributed by atoms with van der Waals surface area (Å²) >= 11 is 5.63. The van der Waals surface area contributed by atoms with E-state index in [-0.39, 0.29) is 40.0 Å². The number of rotatable bonds is 8. The van der Waals surface area contributed by atoms with Crippen molar-refractivity contribution in [2.75, 3.05) is 6.61 Å². The van der Waals surface area contributed by atoms with Crippen molar-refractivity contribution in [3.8, 4) is 5.75 Å². The van der Waals surface area contributed by atoms with Crippen molar-refractivity contribution in [3.63, 3.8) is 0 Å². The van der Waals surface area contributed by atoms with Crippen molar-refractivity contribution in [2.45, 2.75) is 44.6 Å². The maximum absolute atomic E-state index is 13.4. The third-order valence-electron chi connectivity index (χ3n) is 6.03. The number of carbonyl (C=O) groups is 2. The van der Waals surface area contributed by atoms with Gasteiger partial charge in [-0.1, -0.05) is 42.8 Å². The van der Waals surface area contributed by atoms with Crippen molar-refractivity contribution in [1.82, 2.24) is 5.32 Å². The SMILES string of the molecule is CCc1ccc(C(=O)CC23CC(NC(=O)COc4ccc(Cl)c(F)c4)(C2)C3)cc1. The molecule has 0 atom stereocenters. The van der Waals surface area contributed by atoms with Gasteiger partial charge in [-0.3, -0.25) is 9.59 Å². The molecular formula is C23H23ClFNO3. The van der Waals surface area contributed by atoms with E-state index in [0.29, 0.717) is 6.42 Å². The Balaban J connectivity index is 1.23. The van der Waals surface area contributed by atoms with Gasteiger partial charge in [0.15, 0.2) is 12.4 Å². The Hall–Kier alpha value is -2.40. The summed E-state index contributed by atoms with van der Waals surface area (Å²) in [4.78, 5) is 24.8. The van der Waals surface area contributed by atoms with Gasteiger partial charge in [0.1, 0.15) is 11.6 Å². The van der Waals surface area contributed by atoms with E-state index < -0.39 is 5.82 Å². The van der Waals surface area contributed by atoms with E-state index in [4.69, 9.17) is 16.3 Å². The monoisotopic (exact) mass is 415 g/mol. The van der Waals surface area contributed by atoms with Crippen LogP contribution in [0.1, 0.15) is 48.5 Å². The number of hydrogen-bond acceptors (Lipinski definition) is 3.